The summed E-state index contributed by atoms with van der Waals surface area (Å²) < 4.78 is 4.66. The van der Waals surface area contributed by atoms with Gasteiger partial charge in [-0.05, 0) is 47.4 Å². The van der Waals surface area contributed by atoms with Crippen molar-refractivity contribution < 1.29 is 14.3 Å². The number of nitrogens with one attached hydrogen (secondary N) is 1. The molecule has 5 heteroatoms. The molecule has 0 spiro atoms. The van der Waals surface area contributed by atoms with E-state index in [-0.39, 0.29) is 11.9 Å². The minimum absolute atomic E-state index is 0.136. The molecule has 3 aromatic rings. The molecule has 2 aromatic carbocycles. The summed E-state index contributed by atoms with van der Waals surface area (Å²) in [5.74, 6) is -0.519. The van der Waals surface area contributed by atoms with Gasteiger partial charge < -0.3 is 14.6 Å². The molecule has 0 saturated carbocycles. The summed E-state index contributed by atoms with van der Waals surface area (Å²) in [5, 5.41) is 1.10. The van der Waals surface area contributed by atoms with Crippen LogP contribution in [0.1, 0.15) is 15.9 Å². The summed E-state index contributed by atoms with van der Waals surface area (Å²) in [6.07, 6.45) is 5.09. The lowest BCUT2D eigenvalue weighted by molar-refractivity contribution is -0.113. The predicted molar refractivity (Wildman–Crippen MR) is 98.5 cm³/mol. The van der Waals surface area contributed by atoms with Crippen LogP contribution in [-0.2, 0) is 9.53 Å². The Kier molecular flexibility index (Phi) is 4.66. The van der Waals surface area contributed by atoms with E-state index in [0.717, 1.165) is 22.2 Å². The lowest BCUT2D eigenvalue weighted by Gasteiger charge is -2.15. The van der Waals surface area contributed by atoms with Gasteiger partial charge in [-0.3, -0.25) is 4.79 Å². The number of H-pyrrole nitrogens is 1. The molecule has 0 aliphatic carbocycles. The van der Waals surface area contributed by atoms with E-state index in [1.54, 1.807) is 42.3 Å². The van der Waals surface area contributed by atoms with E-state index in [2.05, 4.69) is 9.72 Å². The molecule has 25 heavy (non-hydrogen) atoms. The number of amides is 1. The summed E-state index contributed by atoms with van der Waals surface area (Å²) in [4.78, 5) is 28.5. The lowest BCUT2D eigenvalue weighted by atomic mass is 10.1. The molecule has 1 N–H and O–H groups in total. The number of hydrogen-bond acceptors (Lipinski definition) is 3. The molecule has 0 fully saturated rings. The van der Waals surface area contributed by atoms with Crippen LogP contribution in [0.25, 0.3) is 17.0 Å². The van der Waals surface area contributed by atoms with Crippen LogP contribution >= 0.6 is 0 Å². The highest BCUT2D eigenvalue weighted by Crippen LogP contribution is 2.20. The Morgan fingerprint density at radius 3 is 2.56 bits per heavy atom. The number of ether oxygens (including phenoxy) is 1. The standard InChI is InChI=1S/C20H18N2O3/c1-22(17-9-8-15-11-12-21-18(15)13-17)19(23)10-5-14-3-6-16(7-4-14)20(24)25-2/h3-13,21H,1-2H3. The van der Waals surface area contributed by atoms with E-state index in [1.807, 2.05) is 30.5 Å². The number of hydrogen-bond donors (Lipinski definition) is 1. The van der Waals surface area contributed by atoms with Crippen molar-refractivity contribution in [3.63, 3.8) is 0 Å². The highest BCUT2D eigenvalue weighted by molar-refractivity contribution is 6.04. The van der Waals surface area contributed by atoms with Crippen LogP contribution in [0.2, 0.25) is 0 Å². The van der Waals surface area contributed by atoms with Crippen LogP contribution in [0.3, 0.4) is 0 Å². The van der Waals surface area contributed by atoms with Gasteiger partial charge in [-0.25, -0.2) is 4.79 Å². The molecule has 0 aliphatic heterocycles. The van der Waals surface area contributed by atoms with E-state index in [9.17, 15) is 9.59 Å². The molecule has 126 valence electrons. The van der Waals surface area contributed by atoms with E-state index in [1.165, 1.54) is 13.2 Å². The Morgan fingerprint density at radius 2 is 1.84 bits per heavy atom. The first kappa shape index (κ1) is 16.5. The van der Waals surface area contributed by atoms with Gasteiger partial charge in [0.05, 0.1) is 12.7 Å². The maximum absolute atomic E-state index is 12.4. The van der Waals surface area contributed by atoms with E-state index < -0.39 is 0 Å². The van der Waals surface area contributed by atoms with Gasteiger partial charge in [-0.2, -0.15) is 0 Å². The smallest absolute Gasteiger partial charge is 0.337 e. The Labute approximate surface area is 145 Å². The van der Waals surface area contributed by atoms with Gasteiger partial charge >= 0.3 is 5.97 Å². The Morgan fingerprint density at radius 1 is 1.08 bits per heavy atom. The molecule has 1 amide bonds. The van der Waals surface area contributed by atoms with Crippen LogP contribution < -0.4 is 4.90 Å². The van der Waals surface area contributed by atoms with E-state index in [0.29, 0.717) is 5.56 Å². The normalized spacial score (nSPS) is 11.0. The Hall–Kier alpha value is -3.34. The fraction of sp³-hybridized carbons (Fsp3) is 0.100. The van der Waals surface area contributed by atoms with Crippen molar-refractivity contribution >= 4 is 34.5 Å². The summed E-state index contributed by atoms with van der Waals surface area (Å²) in [6, 6.07) is 14.7. The number of esters is 1. The molecule has 0 atom stereocenters. The first-order valence-electron chi connectivity index (χ1n) is 7.80. The number of nitrogens with zero attached hydrogens (tertiary/aromatic N) is 1. The number of aromatic amines is 1. The third-order valence-corrected chi connectivity index (χ3v) is 4.01. The Balaban J connectivity index is 1.71. The van der Waals surface area contributed by atoms with Gasteiger partial charge in [0.15, 0.2) is 0 Å². The summed E-state index contributed by atoms with van der Waals surface area (Å²) in [5.41, 5.74) is 3.10. The zero-order valence-corrected chi connectivity index (χ0v) is 14.0. The molecule has 0 bridgehead atoms. The first-order valence-corrected chi connectivity index (χ1v) is 7.80. The molecule has 0 saturated heterocycles. The van der Waals surface area contributed by atoms with Crippen molar-refractivity contribution in [2.45, 2.75) is 0 Å². The molecule has 1 heterocycles. The fourth-order valence-electron chi connectivity index (χ4n) is 2.50. The number of benzene rings is 2. The van der Waals surface area contributed by atoms with Crippen molar-refractivity contribution in [3.05, 3.63) is 71.9 Å². The number of fused-ring (bicyclic) bond motifs is 1. The molecule has 0 unspecified atom stereocenters. The van der Waals surface area contributed by atoms with Crippen molar-refractivity contribution in [1.82, 2.24) is 4.98 Å². The molecule has 3 rings (SSSR count). The van der Waals surface area contributed by atoms with Gasteiger partial charge in [0.25, 0.3) is 5.91 Å². The third kappa shape index (κ3) is 3.61. The highest BCUT2D eigenvalue weighted by atomic mass is 16.5. The van der Waals surface area contributed by atoms with Crippen molar-refractivity contribution in [2.24, 2.45) is 0 Å². The number of aromatic nitrogens is 1. The topological polar surface area (TPSA) is 62.4 Å². The summed E-state index contributed by atoms with van der Waals surface area (Å²) >= 11 is 0. The number of carbonyl (C=O) groups is 2. The maximum Gasteiger partial charge on any atom is 0.337 e. The largest absolute Gasteiger partial charge is 0.465 e. The second kappa shape index (κ2) is 7.05. The van der Waals surface area contributed by atoms with Gasteiger partial charge in [-0.1, -0.05) is 18.2 Å². The monoisotopic (exact) mass is 334 g/mol. The summed E-state index contributed by atoms with van der Waals surface area (Å²) in [6.45, 7) is 0. The van der Waals surface area contributed by atoms with E-state index >= 15 is 0 Å². The number of rotatable bonds is 4. The number of anilines is 1. The minimum Gasteiger partial charge on any atom is -0.465 e. The van der Waals surface area contributed by atoms with Crippen molar-refractivity contribution in [1.29, 1.82) is 0 Å². The zero-order valence-electron chi connectivity index (χ0n) is 14.0. The molecule has 5 nitrogen and oxygen atoms in total. The summed E-state index contributed by atoms with van der Waals surface area (Å²) in [7, 11) is 3.08. The van der Waals surface area contributed by atoms with Crippen LogP contribution in [0, 0.1) is 0 Å². The van der Waals surface area contributed by atoms with Crippen LogP contribution in [0.5, 0.6) is 0 Å². The maximum atomic E-state index is 12.4. The second-order valence-corrected chi connectivity index (χ2v) is 5.59. The number of likely N-dealkylation sites (N-methyl/N-ethyl adjacent to an activating group) is 1. The fourth-order valence-corrected chi connectivity index (χ4v) is 2.50. The number of carbonyl (C=O) groups excluding carboxylic acids is 2. The van der Waals surface area contributed by atoms with Crippen LogP contribution in [0.4, 0.5) is 5.69 Å². The van der Waals surface area contributed by atoms with Gasteiger partial charge in [0, 0.05) is 30.5 Å². The predicted octanol–water partition coefficient (Wildman–Crippen LogP) is 3.63. The third-order valence-electron chi connectivity index (χ3n) is 4.01. The first-order chi connectivity index (χ1) is 12.1. The second-order valence-electron chi connectivity index (χ2n) is 5.59. The van der Waals surface area contributed by atoms with Crippen molar-refractivity contribution in [3.8, 4) is 0 Å². The zero-order chi connectivity index (χ0) is 17.8. The highest BCUT2D eigenvalue weighted by Gasteiger charge is 2.09. The molecule has 0 radical (unpaired) electrons. The quantitative estimate of drug-likeness (QED) is 0.585. The van der Waals surface area contributed by atoms with Gasteiger partial charge in [-0.15, -0.1) is 0 Å². The number of methoxy groups -OCH3 is 1. The average Bonchev–Trinajstić information content (AvgIpc) is 3.13. The van der Waals surface area contributed by atoms with Gasteiger partial charge in [0.1, 0.15) is 0 Å². The SMILES string of the molecule is COC(=O)c1ccc(C=CC(=O)N(C)c2ccc3cc[nH]c3c2)cc1. The van der Waals surface area contributed by atoms with Crippen LogP contribution in [0.15, 0.2) is 60.8 Å². The average molecular weight is 334 g/mol. The molecular weight excluding hydrogens is 316 g/mol. The van der Waals surface area contributed by atoms with Crippen molar-refractivity contribution in [2.75, 3.05) is 19.1 Å². The molecular formula is C20H18N2O3. The molecule has 1 aromatic heterocycles. The van der Waals surface area contributed by atoms with E-state index in [4.69, 9.17) is 0 Å². The Bertz CT molecular complexity index is 939. The van der Waals surface area contributed by atoms with Gasteiger partial charge in [0.2, 0.25) is 0 Å². The molecule has 0 aliphatic rings. The lowest BCUT2D eigenvalue weighted by Crippen LogP contribution is -2.23. The minimum atomic E-state index is -0.383. The van der Waals surface area contributed by atoms with Crippen LogP contribution in [-0.4, -0.2) is 31.0 Å².